The Morgan fingerprint density at radius 3 is 2.96 bits per heavy atom. The lowest BCUT2D eigenvalue weighted by Gasteiger charge is -2.22. The number of benzene rings is 1. The van der Waals surface area contributed by atoms with Gasteiger partial charge in [-0.15, -0.1) is 0 Å². The molecule has 1 N–H and O–H groups in total. The van der Waals surface area contributed by atoms with E-state index in [0.29, 0.717) is 18.5 Å². The van der Waals surface area contributed by atoms with E-state index in [-0.39, 0.29) is 0 Å². The van der Waals surface area contributed by atoms with Gasteiger partial charge in [0.1, 0.15) is 17.4 Å². The van der Waals surface area contributed by atoms with Gasteiger partial charge in [-0.3, -0.25) is 0 Å². The molecule has 0 aliphatic carbocycles. The lowest BCUT2D eigenvalue weighted by molar-refractivity contribution is 0.342. The average Bonchev–Trinajstić information content (AvgIpc) is 3.25. The molecule has 130 valence electrons. The van der Waals surface area contributed by atoms with Gasteiger partial charge < -0.3 is 14.5 Å². The van der Waals surface area contributed by atoms with E-state index in [2.05, 4.69) is 20.4 Å². The minimum absolute atomic E-state index is 0.352. The van der Waals surface area contributed by atoms with Crippen molar-refractivity contribution in [2.45, 2.75) is 38.9 Å². The molecule has 3 heterocycles. The number of hydrogen-bond donors (Lipinski definition) is 1. The fourth-order valence-electron chi connectivity index (χ4n) is 3.11. The molecule has 2 aromatic heterocycles. The Kier molecular flexibility index (Phi) is 4.23. The number of nitrogens with one attached hydrogen (secondary N) is 1. The second-order valence-corrected chi connectivity index (χ2v) is 6.22. The molecule has 1 aliphatic rings. The van der Waals surface area contributed by atoms with Crippen molar-refractivity contribution in [3.05, 3.63) is 48.0 Å². The zero-order chi connectivity index (χ0) is 17.2. The maximum atomic E-state index is 5.86. The summed E-state index contributed by atoms with van der Waals surface area (Å²) in [5, 5.41) is 7.94. The van der Waals surface area contributed by atoms with E-state index < -0.39 is 0 Å². The quantitative estimate of drug-likeness (QED) is 0.769. The zero-order valence-corrected chi connectivity index (χ0v) is 14.4. The summed E-state index contributed by atoms with van der Waals surface area (Å²) in [5.41, 5.74) is 0.986. The first-order valence-corrected chi connectivity index (χ1v) is 8.44. The van der Waals surface area contributed by atoms with Gasteiger partial charge in [0, 0.05) is 18.0 Å². The molecule has 4 rings (SSSR count). The van der Waals surface area contributed by atoms with Crippen LogP contribution in [0.2, 0.25) is 0 Å². The molecule has 3 aromatic rings. The van der Waals surface area contributed by atoms with Crippen molar-refractivity contribution in [1.82, 2.24) is 25.1 Å². The van der Waals surface area contributed by atoms with Crippen LogP contribution in [0.5, 0.6) is 5.75 Å². The fourth-order valence-corrected chi connectivity index (χ4v) is 3.11. The number of aromatic nitrogens is 4. The highest BCUT2D eigenvalue weighted by Gasteiger charge is 2.21. The van der Waals surface area contributed by atoms with Crippen molar-refractivity contribution in [1.29, 1.82) is 0 Å². The van der Waals surface area contributed by atoms with E-state index >= 15 is 0 Å². The third-order valence-corrected chi connectivity index (χ3v) is 4.43. The van der Waals surface area contributed by atoms with Crippen molar-refractivity contribution >= 4 is 0 Å². The molecule has 0 bridgehead atoms. The Labute approximate surface area is 146 Å². The Balaban J connectivity index is 1.37. The topological polar surface area (TPSA) is 78.0 Å². The van der Waals surface area contributed by atoms with Crippen LogP contribution in [0.1, 0.15) is 24.0 Å². The maximum absolute atomic E-state index is 5.86. The molecule has 25 heavy (non-hydrogen) atoms. The molecule has 1 atom stereocenters. The molecule has 0 amide bonds. The van der Waals surface area contributed by atoms with E-state index in [9.17, 15) is 0 Å². The summed E-state index contributed by atoms with van der Waals surface area (Å²) in [5.74, 6) is 4.19. The number of oxazole rings is 1. The van der Waals surface area contributed by atoms with Crippen LogP contribution in [0.15, 0.2) is 34.9 Å². The first-order chi connectivity index (χ1) is 12.2. The molecule has 0 saturated carbocycles. The molecule has 7 nitrogen and oxygen atoms in total. The van der Waals surface area contributed by atoms with Gasteiger partial charge in [0.25, 0.3) is 0 Å². The monoisotopic (exact) mass is 339 g/mol. The molecule has 0 radical (unpaired) electrons. The second kappa shape index (κ2) is 6.68. The van der Waals surface area contributed by atoms with Crippen LogP contribution in [0, 0.1) is 6.92 Å². The van der Waals surface area contributed by atoms with Gasteiger partial charge in [0.2, 0.25) is 5.89 Å². The van der Waals surface area contributed by atoms with Crippen LogP contribution in [0.25, 0.3) is 11.3 Å². The summed E-state index contributed by atoms with van der Waals surface area (Å²) < 4.78 is 13.0. The highest BCUT2D eigenvalue weighted by atomic mass is 16.5. The summed E-state index contributed by atoms with van der Waals surface area (Å²) in [6, 6.07) is 8.11. The molecule has 1 aromatic carbocycles. The minimum atomic E-state index is 0.352. The van der Waals surface area contributed by atoms with Crippen molar-refractivity contribution < 1.29 is 9.15 Å². The molecule has 0 saturated heterocycles. The van der Waals surface area contributed by atoms with Crippen LogP contribution in [0.4, 0.5) is 0 Å². The third kappa shape index (κ3) is 3.41. The summed E-state index contributed by atoms with van der Waals surface area (Å²) in [6.07, 6.45) is 3.75. The van der Waals surface area contributed by atoms with E-state index in [1.54, 1.807) is 13.3 Å². The molecular formula is C18H21N5O2. The highest BCUT2D eigenvalue weighted by Crippen LogP contribution is 2.23. The third-order valence-electron chi connectivity index (χ3n) is 4.43. The molecule has 7 heteroatoms. The van der Waals surface area contributed by atoms with Crippen molar-refractivity contribution in [3.63, 3.8) is 0 Å². The van der Waals surface area contributed by atoms with Crippen LogP contribution in [-0.2, 0) is 19.5 Å². The molecule has 0 spiro atoms. The molecule has 0 unspecified atom stereocenters. The van der Waals surface area contributed by atoms with E-state index in [4.69, 9.17) is 9.15 Å². The standard InChI is InChI=1S/C18H21N5O2/c1-12-21-17-8-5-14(11-23(17)22-12)19-10-18-20-9-16(25-18)13-3-6-15(24-2)7-4-13/h3-4,6-7,9,14,19H,5,8,10-11H2,1-2H3/t14-/m1/s1. The number of ether oxygens (including phenoxy) is 1. The van der Waals surface area contributed by atoms with Crippen LogP contribution in [0.3, 0.4) is 0 Å². The molecule has 0 fully saturated rings. The Bertz CT molecular complexity index is 853. The first kappa shape index (κ1) is 15.8. The lowest BCUT2D eigenvalue weighted by atomic mass is 10.1. The normalized spacial score (nSPS) is 16.6. The van der Waals surface area contributed by atoms with Gasteiger partial charge in [-0.25, -0.2) is 14.6 Å². The van der Waals surface area contributed by atoms with E-state index in [1.807, 2.05) is 35.9 Å². The Morgan fingerprint density at radius 1 is 1.32 bits per heavy atom. The first-order valence-electron chi connectivity index (χ1n) is 8.44. The predicted octanol–water partition coefficient (Wildman–Crippen LogP) is 2.35. The summed E-state index contributed by atoms with van der Waals surface area (Å²) >= 11 is 0. The maximum Gasteiger partial charge on any atom is 0.208 e. The highest BCUT2D eigenvalue weighted by molar-refractivity contribution is 5.57. The van der Waals surface area contributed by atoms with Gasteiger partial charge in [-0.2, -0.15) is 5.10 Å². The number of rotatable bonds is 5. The van der Waals surface area contributed by atoms with Crippen molar-refractivity contribution in [2.24, 2.45) is 0 Å². The summed E-state index contributed by atoms with van der Waals surface area (Å²) in [7, 11) is 1.65. The number of methoxy groups -OCH3 is 1. The number of fused-ring (bicyclic) bond motifs is 1. The van der Waals surface area contributed by atoms with Gasteiger partial charge in [0.05, 0.1) is 26.4 Å². The fraction of sp³-hybridized carbons (Fsp3) is 0.389. The minimum Gasteiger partial charge on any atom is -0.497 e. The van der Waals surface area contributed by atoms with Gasteiger partial charge in [-0.05, 0) is 37.6 Å². The van der Waals surface area contributed by atoms with E-state index in [0.717, 1.165) is 48.1 Å². The van der Waals surface area contributed by atoms with Crippen LogP contribution in [-0.4, -0.2) is 32.9 Å². The Hall–Kier alpha value is -2.67. The number of aryl methyl sites for hydroxylation is 2. The average molecular weight is 339 g/mol. The van der Waals surface area contributed by atoms with Gasteiger partial charge >= 0.3 is 0 Å². The molecule has 1 aliphatic heterocycles. The van der Waals surface area contributed by atoms with Crippen LogP contribution >= 0.6 is 0 Å². The predicted molar refractivity (Wildman–Crippen MR) is 92.2 cm³/mol. The van der Waals surface area contributed by atoms with Crippen LogP contribution < -0.4 is 10.1 Å². The van der Waals surface area contributed by atoms with Gasteiger partial charge in [0.15, 0.2) is 5.76 Å². The summed E-state index contributed by atoms with van der Waals surface area (Å²) in [4.78, 5) is 8.81. The Morgan fingerprint density at radius 2 is 2.16 bits per heavy atom. The zero-order valence-electron chi connectivity index (χ0n) is 14.4. The SMILES string of the molecule is COc1ccc(-c2cnc(CN[C@@H]3CCc4nc(C)nn4C3)o2)cc1. The summed E-state index contributed by atoms with van der Waals surface area (Å²) in [6.45, 7) is 3.37. The van der Waals surface area contributed by atoms with Crippen molar-refractivity contribution in [3.8, 4) is 17.1 Å². The second-order valence-electron chi connectivity index (χ2n) is 6.22. The molecular weight excluding hydrogens is 318 g/mol. The lowest BCUT2D eigenvalue weighted by Crippen LogP contribution is -2.37. The number of hydrogen-bond acceptors (Lipinski definition) is 6. The largest absolute Gasteiger partial charge is 0.497 e. The van der Waals surface area contributed by atoms with Crippen molar-refractivity contribution in [2.75, 3.05) is 7.11 Å². The smallest absolute Gasteiger partial charge is 0.208 e. The van der Waals surface area contributed by atoms with Gasteiger partial charge in [-0.1, -0.05) is 0 Å². The number of nitrogens with zero attached hydrogens (tertiary/aromatic N) is 4. The van der Waals surface area contributed by atoms with E-state index in [1.165, 1.54) is 0 Å².